The molecule has 3 rings (SSSR count). The highest BCUT2D eigenvalue weighted by molar-refractivity contribution is 7.96. The molecule has 2 aromatic rings. The molecule has 0 unspecified atom stereocenters. The number of anilines is 1. The fourth-order valence-corrected chi connectivity index (χ4v) is 4.21. The van der Waals surface area contributed by atoms with Crippen molar-refractivity contribution in [2.24, 2.45) is 0 Å². The summed E-state index contributed by atoms with van der Waals surface area (Å²) >= 11 is 0. The first-order chi connectivity index (χ1) is 11.0. The number of aromatic nitrogens is 1. The molecule has 0 bridgehead atoms. The summed E-state index contributed by atoms with van der Waals surface area (Å²) in [6, 6.07) is 6.91. The second-order valence-electron chi connectivity index (χ2n) is 5.60. The molecule has 1 aliphatic carbocycles. The highest BCUT2D eigenvalue weighted by Gasteiger charge is 2.20. The van der Waals surface area contributed by atoms with Crippen molar-refractivity contribution in [3.05, 3.63) is 41.4 Å². The molecule has 0 spiro atoms. The summed E-state index contributed by atoms with van der Waals surface area (Å²) in [5.74, 6) is -0.944. The summed E-state index contributed by atoms with van der Waals surface area (Å²) in [4.78, 5) is 11.3. The van der Waals surface area contributed by atoms with E-state index in [0.717, 1.165) is 19.3 Å². The lowest BCUT2D eigenvalue weighted by Gasteiger charge is -2.15. The van der Waals surface area contributed by atoms with E-state index in [1.165, 1.54) is 0 Å². The molecule has 1 aromatic carbocycles. The predicted molar refractivity (Wildman–Crippen MR) is 88.7 cm³/mol. The molecule has 1 aromatic heterocycles. The summed E-state index contributed by atoms with van der Waals surface area (Å²) in [5, 5.41) is 9.62. The quantitative estimate of drug-likeness (QED) is 0.880. The number of hydrogen-bond acceptors (Lipinski definition) is 3. The molecule has 0 atom stereocenters. The van der Waals surface area contributed by atoms with Crippen molar-refractivity contribution in [3.8, 4) is 0 Å². The largest absolute Gasteiger partial charge is 0.480 e. The van der Waals surface area contributed by atoms with E-state index in [1.54, 1.807) is 41.1 Å². The Hall–Kier alpha value is -2.28. The first-order valence-electron chi connectivity index (χ1n) is 7.49. The van der Waals surface area contributed by atoms with Gasteiger partial charge in [0.1, 0.15) is 6.54 Å². The summed E-state index contributed by atoms with van der Waals surface area (Å²) in [6.45, 7) is -0.162. The molecule has 0 saturated heterocycles. The smallest absolute Gasteiger partial charge is 0.323 e. The van der Waals surface area contributed by atoms with Crippen LogP contribution in [0.15, 0.2) is 41.4 Å². The highest BCUT2D eigenvalue weighted by atomic mass is 32.2. The lowest BCUT2D eigenvalue weighted by atomic mass is 10.1. The number of nitrogens with zero attached hydrogens (tertiary/aromatic N) is 1. The van der Waals surface area contributed by atoms with Crippen LogP contribution in [-0.2, 0) is 21.4 Å². The van der Waals surface area contributed by atoms with Gasteiger partial charge in [-0.05, 0) is 43.9 Å². The molecule has 6 nitrogen and oxygen atoms in total. The Morgan fingerprint density at radius 1 is 1.26 bits per heavy atom. The Kier molecular flexibility index (Phi) is 4.12. The zero-order valence-electron chi connectivity index (χ0n) is 12.5. The van der Waals surface area contributed by atoms with Crippen molar-refractivity contribution in [1.29, 1.82) is 0 Å². The van der Waals surface area contributed by atoms with Gasteiger partial charge in [-0.3, -0.25) is 9.52 Å². The zero-order chi connectivity index (χ0) is 16.4. The van der Waals surface area contributed by atoms with Crippen molar-refractivity contribution in [2.45, 2.75) is 32.2 Å². The normalized spacial score (nSPS) is 15.4. The lowest BCUT2D eigenvalue weighted by molar-refractivity contribution is -0.137. The number of aliphatic carboxylic acids is 1. The molecule has 1 aliphatic rings. The van der Waals surface area contributed by atoms with E-state index in [0.29, 0.717) is 27.9 Å². The minimum Gasteiger partial charge on any atom is -0.480 e. The van der Waals surface area contributed by atoms with Crippen LogP contribution in [0.5, 0.6) is 0 Å². The van der Waals surface area contributed by atoms with Gasteiger partial charge in [-0.25, -0.2) is 8.42 Å². The van der Waals surface area contributed by atoms with E-state index in [2.05, 4.69) is 4.72 Å². The van der Waals surface area contributed by atoms with E-state index in [1.807, 2.05) is 0 Å². The Morgan fingerprint density at radius 2 is 2.09 bits per heavy atom. The van der Waals surface area contributed by atoms with Crippen molar-refractivity contribution >= 4 is 32.6 Å². The standard InChI is InChI=1S/C16H18N2O4S/c19-16(20)11-18-10-9-13-14(7-4-8-15(13)18)17-23(21,22)12-5-2-1-3-6-12/h4-5,7-10,17H,1-3,6,11H2,(H,19,20). The minimum absolute atomic E-state index is 0.162. The third kappa shape index (κ3) is 3.24. The average Bonchev–Trinajstić information content (AvgIpc) is 2.91. The van der Waals surface area contributed by atoms with Crippen LogP contribution in [0.1, 0.15) is 25.7 Å². The fourth-order valence-electron chi connectivity index (χ4n) is 2.86. The van der Waals surface area contributed by atoms with Crippen molar-refractivity contribution in [3.63, 3.8) is 0 Å². The van der Waals surface area contributed by atoms with Crippen LogP contribution in [-0.4, -0.2) is 24.1 Å². The number of nitrogens with one attached hydrogen (secondary N) is 1. The molecular formula is C16H18N2O4S. The molecule has 0 amide bonds. The van der Waals surface area contributed by atoms with E-state index in [4.69, 9.17) is 5.11 Å². The Labute approximate surface area is 134 Å². The zero-order valence-corrected chi connectivity index (χ0v) is 13.3. The van der Waals surface area contributed by atoms with Crippen LogP contribution in [0.4, 0.5) is 5.69 Å². The minimum atomic E-state index is -3.56. The molecule has 122 valence electrons. The maximum Gasteiger partial charge on any atom is 0.323 e. The molecule has 1 heterocycles. The van der Waals surface area contributed by atoms with Crippen LogP contribution in [0, 0.1) is 0 Å². The molecule has 0 fully saturated rings. The monoisotopic (exact) mass is 334 g/mol. The van der Waals surface area contributed by atoms with E-state index < -0.39 is 16.0 Å². The van der Waals surface area contributed by atoms with E-state index in [-0.39, 0.29) is 6.54 Å². The fraction of sp³-hybridized carbons (Fsp3) is 0.312. The number of carbonyl (C=O) groups is 1. The number of carboxylic acids is 1. The number of carboxylic acid groups (broad SMARTS) is 1. The van der Waals surface area contributed by atoms with Gasteiger partial charge in [0.05, 0.1) is 16.1 Å². The maximum absolute atomic E-state index is 12.5. The second kappa shape index (κ2) is 6.08. The Morgan fingerprint density at radius 3 is 2.78 bits per heavy atom. The number of sulfonamides is 1. The lowest BCUT2D eigenvalue weighted by Crippen LogP contribution is -2.16. The van der Waals surface area contributed by atoms with Crippen molar-refractivity contribution in [1.82, 2.24) is 4.57 Å². The average molecular weight is 334 g/mol. The third-order valence-electron chi connectivity index (χ3n) is 3.96. The number of fused-ring (bicyclic) bond motifs is 1. The molecule has 7 heteroatoms. The number of rotatable bonds is 5. The maximum atomic E-state index is 12.5. The summed E-state index contributed by atoms with van der Waals surface area (Å²) in [5.41, 5.74) is 1.16. The van der Waals surface area contributed by atoms with Gasteiger partial charge < -0.3 is 9.67 Å². The van der Waals surface area contributed by atoms with E-state index >= 15 is 0 Å². The molecule has 0 saturated carbocycles. The highest BCUT2D eigenvalue weighted by Crippen LogP contribution is 2.29. The predicted octanol–water partition coefficient (Wildman–Crippen LogP) is 2.93. The topological polar surface area (TPSA) is 88.4 Å². The number of hydrogen-bond donors (Lipinski definition) is 2. The molecule has 2 N–H and O–H groups in total. The van der Waals surface area contributed by atoms with Gasteiger partial charge in [0.2, 0.25) is 0 Å². The second-order valence-corrected chi connectivity index (χ2v) is 7.33. The van der Waals surface area contributed by atoms with Crippen LogP contribution < -0.4 is 4.72 Å². The van der Waals surface area contributed by atoms with Gasteiger partial charge in [0, 0.05) is 11.6 Å². The molecule has 23 heavy (non-hydrogen) atoms. The van der Waals surface area contributed by atoms with Gasteiger partial charge in [0.15, 0.2) is 0 Å². The van der Waals surface area contributed by atoms with Gasteiger partial charge in [0.25, 0.3) is 10.0 Å². The first kappa shape index (κ1) is 15.6. The van der Waals surface area contributed by atoms with Gasteiger partial charge in [-0.1, -0.05) is 12.1 Å². The Balaban J connectivity index is 1.96. The van der Waals surface area contributed by atoms with Crippen LogP contribution >= 0.6 is 0 Å². The molecule has 0 aliphatic heterocycles. The number of allylic oxidation sites excluding steroid dienone is 2. The number of benzene rings is 1. The van der Waals surface area contributed by atoms with Crippen LogP contribution in [0.2, 0.25) is 0 Å². The van der Waals surface area contributed by atoms with Crippen molar-refractivity contribution in [2.75, 3.05) is 4.72 Å². The Bertz CT molecular complexity index is 881. The third-order valence-corrected chi connectivity index (χ3v) is 5.51. The SMILES string of the molecule is O=C(O)Cn1ccc2c(NS(=O)(=O)C3=CCCCC3)cccc21. The van der Waals surface area contributed by atoms with Crippen molar-refractivity contribution < 1.29 is 18.3 Å². The van der Waals surface area contributed by atoms with Crippen LogP contribution in [0.3, 0.4) is 0 Å². The van der Waals surface area contributed by atoms with Gasteiger partial charge in [-0.15, -0.1) is 0 Å². The first-order valence-corrected chi connectivity index (χ1v) is 8.97. The molecule has 0 radical (unpaired) electrons. The van der Waals surface area contributed by atoms with E-state index in [9.17, 15) is 13.2 Å². The van der Waals surface area contributed by atoms with Crippen LogP contribution in [0.25, 0.3) is 10.9 Å². The summed E-state index contributed by atoms with van der Waals surface area (Å²) in [7, 11) is -3.56. The van der Waals surface area contributed by atoms with Gasteiger partial charge >= 0.3 is 5.97 Å². The van der Waals surface area contributed by atoms with Gasteiger partial charge in [-0.2, -0.15) is 0 Å². The summed E-state index contributed by atoms with van der Waals surface area (Å²) < 4.78 is 29.2. The molecular weight excluding hydrogens is 316 g/mol. The summed E-state index contributed by atoms with van der Waals surface area (Å²) in [6.07, 6.45) is 6.68.